The van der Waals surface area contributed by atoms with E-state index in [0.29, 0.717) is 20.8 Å². The van der Waals surface area contributed by atoms with Crippen molar-refractivity contribution in [3.63, 3.8) is 0 Å². The summed E-state index contributed by atoms with van der Waals surface area (Å²) >= 11 is 4.32. The van der Waals surface area contributed by atoms with Crippen molar-refractivity contribution in [3.05, 3.63) is 50.0 Å². The van der Waals surface area contributed by atoms with Gasteiger partial charge in [0.1, 0.15) is 29.5 Å². The minimum Gasteiger partial charge on any atom is -0.384 e. The van der Waals surface area contributed by atoms with Crippen LogP contribution in [-0.4, -0.2) is 50.8 Å². The molecule has 6 nitrogen and oxygen atoms in total. The highest BCUT2D eigenvalue weighted by molar-refractivity contribution is 9.10. The van der Waals surface area contributed by atoms with Crippen molar-refractivity contribution in [2.24, 2.45) is 0 Å². The van der Waals surface area contributed by atoms with Gasteiger partial charge in [-0.25, -0.2) is 13.8 Å². The normalized spacial score (nSPS) is 14.8. The molecule has 4 rings (SSSR count). The number of hydrogen-bond donors (Lipinski definition) is 1. The summed E-state index contributed by atoms with van der Waals surface area (Å²) in [5.74, 6) is 4.55. The minimum atomic E-state index is -1.40. The first kappa shape index (κ1) is 21.6. The Morgan fingerprint density at radius 3 is 2.81 bits per heavy atom. The third-order valence-corrected chi connectivity index (χ3v) is 6.49. The summed E-state index contributed by atoms with van der Waals surface area (Å²) < 4.78 is 28.9. The van der Waals surface area contributed by atoms with Crippen molar-refractivity contribution in [2.45, 2.75) is 19.1 Å². The van der Waals surface area contributed by atoms with Crippen LogP contribution in [0.4, 0.5) is 8.78 Å². The largest absolute Gasteiger partial charge is 0.384 e. The molecule has 0 aliphatic carbocycles. The van der Waals surface area contributed by atoms with E-state index in [2.05, 4.69) is 32.8 Å². The molecule has 1 fully saturated rings. The van der Waals surface area contributed by atoms with Crippen LogP contribution in [0.3, 0.4) is 0 Å². The van der Waals surface area contributed by atoms with E-state index < -0.39 is 17.0 Å². The summed E-state index contributed by atoms with van der Waals surface area (Å²) in [6.07, 6.45) is 1.28. The zero-order chi connectivity index (χ0) is 22.3. The predicted molar refractivity (Wildman–Crippen MR) is 117 cm³/mol. The first-order valence-corrected chi connectivity index (χ1v) is 10.8. The number of carbonyl (C=O) groups excluding carboxylic acids is 1. The Morgan fingerprint density at radius 1 is 1.42 bits per heavy atom. The topological polar surface area (TPSA) is 75.4 Å². The quantitative estimate of drug-likeness (QED) is 0.553. The number of thiophene rings is 1. The summed E-state index contributed by atoms with van der Waals surface area (Å²) in [6.45, 7) is 0.771. The van der Waals surface area contributed by atoms with Gasteiger partial charge in [-0.1, -0.05) is 17.9 Å². The highest BCUT2D eigenvalue weighted by Gasteiger charge is 2.41. The number of aliphatic hydroxyl groups is 1. The number of hydrogen-bond acceptors (Lipinski definition) is 5. The van der Waals surface area contributed by atoms with Gasteiger partial charge in [-0.15, -0.1) is 11.3 Å². The Kier molecular flexibility index (Phi) is 5.68. The first-order chi connectivity index (χ1) is 14.7. The highest BCUT2D eigenvalue weighted by Crippen LogP contribution is 2.37. The van der Waals surface area contributed by atoms with Gasteiger partial charge in [0.05, 0.1) is 34.2 Å². The van der Waals surface area contributed by atoms with E-state index >= 15 is 0 Å². The van der Waals surface area contributed by atoms with E-state index in [4.69, 9.17) is 5.11 Å². The molecule has 3 heterocycles. The monoisotopic (exact) mass is 507 g/mol. The SMILES string of the molecule is CC1(F)CN(C(=O)Cn2cnc3sc(C#CCO)c(-c4ccc(F)c(Br)c4)c3c2=O)C1. The van der Waals surface area contributed by atoms with E-state index in [0.717, 1.165) is 0 Å². The van der Waals surface area contributed by atoms with Gasteiger partial charge in [0, 0.05) is 5.56 Å². The number of nitrogens with zero attached hydrogens (tertiary/aromatic N) is 3. The fourth-order valence-corrected chi connectivity index (χ4v) is 4.85. The number of likely N-dealkylation sites (tertiary alicyclic amines) is 1. The second-order valence-electron chi connectivity index (χ2n) is 7.42. The van der Waals surface area contributed by atoms with E-state index in [1.165, 1.54) is 52.3 Å². The van der Waals surface area contributed by atoms with Gasteiger partial charge in [-0.05, 0) is 40.5 Å². The lowest BCUT2D eigenvalue weighted by atomic mass is 9.99. The zero-order valence-electron chi connectivity index (χ0n) is 16.3. The summed E-state index contributed by atoms with van der Waals surface area (Å²) in [5.41, 5.74) is -0.855. The van der Waals surface area contributed by atoms with Crippen LogP contribution in [0.5, 0.6) is 0 Å². The number of aromatic nitrogens is 2. The van der Waals surface area contributed by atoms with Crippen LogP contribution < -0.4 is 5.56 Å². The van der Waals surface area contributed by atoms with Gasteiger partial charge in [-0.3, -0.25) is 14.2 Å². The van der Waals surface area contributed by atoms with Crippen LogP contribution in [0.25, 0.3) is 21.3 Å². The van der Waals surface area contributed by atoms with Crippen molar-refractivity contribution in [2.75, 3.05) is 19.7 Å². The van der Waals surface area contributed by atoms with E-state index in [9.17, 15) is 18.4 Å². The molecule has 1 amide bonds. The Balaban J connectivity index is 1.82. The molecule has 0 spiro atoms. The van der Waals surface area contributed by atoms with Crippen molar-refractivity contribution < 1.29 is 18.7 Å². The van der Waals surface area contributed by atoms with Gasteiger partial charge in [0.2, 0.25) is 5.91 Å². The zero-order valence-corrected chi connectivity index (χ0v) is 18.7. The molecule has 1 aliphatic heterocycles. The van der Waals surface area contributed by atoms with Crippen LogP contribution in [0.15, 0.2) is 33.8 Å². The molecule has 0 unspecified atom stereocenters. The van der Waals surface area contributed by atoms with Crippen LogP contribution >= 0.6 is 27.3 Å². The maximum Gasteiger partial charge on any atom is 0.263 e. The smallest absolute Gasteiger partial charge is 0.263 e. The van der Waals surface area contributed by atoms with Gasteiger partial charge >= 0.3 is 0 Å². The number of carbonyl (C=O) groups is 1. The second-order valence-corrected chi connectivity index (χ2v) is 9.27. The second kappa shape index (κ2) is 8.15. The molecule has 0 saturated carbocycles. The average Bonchev–Trinajstić information content (AvgIpc) is 3.07. The van der Waals surface area contributed by atoms with Crippen LogP contribution in [0.2, 0.25) is 0 Å². The molecule has 0 bridgehead atoms. The average molecular weight is 508 g/mol. The molecule has 1 N–H and O–H groups in total. The summed E-state index contributed by atoms with van der Waals surface area (Å²) in [6, 6.07) is 4.32. The van der Waals surface area contributed by atoms with Crippen LogP contribution in [0, 0.1) is 17.7 Å². The Labute approximate surface area is 188 Å². The molecule has 1 aromatic carbocycles. The van der Waals surface area contributed by atoms with Crippen LogP contribution in [-0.2, 0) is 11.3 Å². The summed E-state index contributed by atoms with van der Waals surface area (Å²) in [4.78, 5) is 32.2. The number of halogens is 3. The molecule has 31 heavy (non-hydrogen) atoms. The molecule has 1 saturated heterocycles. The third-order valence-electron chi connectivity index (χ3n) is 4.87. The first-order valence-electron chi connectivity index (χ1n) is 9.24. The molecule has 160 valence electrons. The van der Waals surface area contributed by atoms with E-state index in [-0.39, 0.29) is 42.0 Å². The van der Waals surface area contributed by atoms with E-state index in [1.807, 2.05) is 0 Å². The maximum absolute atomic E-state index is 13.8. The van der Waals surface area contributed by atoms with E-state index in [1.54, 1.807) is 0 Å². The standard InChI is InChI=1S/C21H16BrF2N3O3S/c1-21(24)9-27(10-21)16(29)8-26-11-25-19-18(20(26)30)17(15(31-19)3-2-6-28)12-4-5-14(23)13(22)7-12/h4-5,7,11,28H,6,8-10H2,1H3. The lowest BCUT2D eigenvalue weighted by molar-refractivity contribution is -0.144. The van der Waals surface area contributed by atoms with Gasteiger partial charge in [0.15, 0.2) is 0 Å². The summed E-state index contributed by atoms with van der Waals surface area (Å²) in [7, 11) is 0. The molecule has 3 aromatic rings. The number of benzene rings is 1. The van der Waals surface area contributed by atoms with Crippen molar-refractivity contribution in [1.29, 1.82) is 0 Å². The van der Waals surface area contributed by atoms with Crippen molar-refractivity contribution >= 4 is 43.4 Å². The van der Waals surface area contributed by atoms with Gasteiger partial charge < -0.3 is 10.0 Å². The number of aliphatic hydroxyl groups excluding tert-OH is 1. The van der Waals surface area contributed by atoms with Crippen molar-refractivity contribution in [3.8, 4) is 23.0 Å². The number of fused-ring (bicyclic) bond motifs is 1. The lowest BCUT2D eigenvalue weighted by Crippen LogP contribution is -2.60. The molecule has 0 atom stereocenters. The third kappa shape index (κ3) is 4.13. The number of alkyl halides is 1. The Hall–Kier alpha value is -2.61. The number of amides is 1. The minimum absolute atomic E-state index is 0.00946. The molecule has 10 heteroatoms. The van der Waals surface area contributed by atoms with Gasteiger partial charge in [-0.2, -0.15) is 0 Å². The predicted octanol–water partition coefficient (Wildman–Crippen LogP) is 2.94. The van der Waals surface area contributed by atoms with Crippen molar-refractivity contribution in [1.82, 2.24) is 14.5 Å². The van der Waals surface area contributed by atoms with Crippen LogP contribution in [0.1, 0.15) is 11.8 Å². The molecule has 2 aromatic heterocycles. The maximum atomic E-state index is 13.8. The fourth-order valence-electron chi connectivity index (χ4n) is 3.45. The Morgan fingerprint density at radius 2 is 2.16 bits per heavy atom. The number of rotatable bonds is 3. The lowest BCUT2D eigenvalue weighted by Gasteiger charge is -2.42. The molecular weight excluding hydrogens is 492 g/mol. The highest BCUT2D eigenvalue weighted by atomic mass is 79.9. The fraction of sp³-hybridized carbons (Fsp3) is 0.286. The Bertz CT molecular complexity index is 1320. The van der Waals surface area contributed by atoms with Gasteiger partial charge in [0.25, 0.3) is 5.56 Å². The molecule has 1 aliphatic rings. The summed E-state index contributed by atoms with van der Waals surface area (Å²) in [5, 5.41) is 9.33. The molecule has 0 radical (unpaired) electrons. The molecular formula is C21H16BrF2N3O3S.